The van der Waals surface area contributed by atoms with Crippen molar-refractivity contribution in [3.8, 4) is 22.6 Å². The Bertz CT molecular complexity index is 1050. The summed E-state index contributed by atoms with van der Waals surface area (Å²) in [6.07, 6.45) is 0.211. The van der Waals surface area contributed by atoms with Gasteiger partial charge in [-0.2, -0.15) is 0 Å². The van der Waals surface area contributed by atoms with Crippen LogP contribution in [0.1, 0.15) is 16.1 Å². The molecule has 1 aromatic heterocycles. The number of H-pyrrole nitrogens is 1. The van der Waals surface area contributed by atoms with E-state index in [4.69, 9.17) is 4.98 Å². The van der Waals surface area contributed by atoms with Gasteiger partial charge < -0.3 is 4.98 Å². The topological polar surface area (TPSA) is 45.8 Å². The maximum absolute atomic E-state index is 13.2. The molecule has 4 heteroatoms. The zero-order valence-corrected chi connectivity index (χ0v) is 14.5. The third-order valence-corrected chi connectivity index (χ3v) is 4.38. The van der Waals surface area contributed by atoms with Crippen LogP contribution in [0.2, 0.25) is 0 Å². The van der Waals surface area contributed by atoms with Gasteiger partial charge in [0.2, 0.25) is 0 Å². The molecule has 0 radical (unpaired) electrons. The molecule has 27 heavy (non-hydrogen) atoms. The molecule has 0 saturated carbocycles. The van der Waals surface area contributed by atoms with Crippen LogP contribution in [0.15, 0.2) is 84.9 Å². The van der Waals surface area contributed by atoms with Crippen LogP contribution in [0.5, 0.6) is 0 Å². The lowest BCUT2D eigenvalue weighted by molar-refractivity contribution is 0.0992. The highest BCUT2D eigenvalue weighted by molar-refractivity contribution is 5.98. The standard InChI is InChI=1S/C23H17FN2O/c24-19-13-11-18(12-14-19)23-25-20(15-21(27)16-7-3-1-4-8-16)22(26-23)17-9-5-2-6-10-17/h1-14H,15H2,(H,25,26). The smallest absolute Gasteiger partial charge is 0.168 e. The van der Waals surface area contributed by atoms with Gasteiger partial charge in [-0.05, 0) is 24.3 Å². The van der Waals surface area contributed by atoms with Crippen molar-refractivity contribution < 1.29 is 9.18 Å². The fraction of sp³-hybridized carbons (Fsp3) is 0.0435. The number of carbonyl (C=O) groups excluding carboxylic acids is 1. The van der Waals surface area contributed by atoms with Gasteiger partial charge in [-0.15, -0.1) is 0 Å². The molecule has 0 aliphatic heterocycles. The number of hydrogen-bond acceptors (Lipinski definition) is 2. The van der Waals surface area contributed by atoms with E-state index in [0.717, 1.165) is 22.5 Å². The minimum Gasteiger partial charge on any atom is -0.341 e. The minimum absolute atomic E-state index is 0.0158. The molecule has 132 valence electrons. The molecule has 0 spiro atoms. The second kappa shape index (κ2) is 7.38. The summed E-state index contributed by atoms with van der Waals surface area (Å²) in [5.74, 6) is 0.333. The molecule has 0 amide bonds. The first-order valence-electron chi connectivity index (χ1n) is 8.69. The van der Waals surface area contributed by atoms with Crippen LogP contribution < -0.4 is 0 Å². The fourth-order valence-electron chi connectivity index (χ4n) is 3.00. The van der Waals surface area contributed by atoms with Crippen molar-refractivity contribution in [3.05, 3.63) is 102 Å². The number of imidazole rings is 1. The number of aromatic amines is 1. The van der Waals surface area contributed by atoms with E-state index < -0.39 is 0 Å². The zero-order chi connectivity index (χ0) is 18.6. The predicted octanol–water partition coefficient (Wildman–Crippen LogP) is 5.31. The molecule has 0 aliphatic carbocycles. The van der Waals surface area contributed by atoms with E-state index in [9.17, 15) is 9.18 Å². The van der Waals surface area contributed by atoms with Crippen LogP contribution in [0, 0.1) is 5.82 Å². The van der Waals surface area contributed by atoms with Crippen molar-refractivity contribution in [1.29, 1.82) is 0 Å². The highest BCUT2D eigenvalue weighted by atomic mass is 19.1. The fourth-order valence-corrected chi connectivity index (χ4v) is 3.00. The Labute approximate surface area is 156 Å². The summed E-state index contributed by atoms with van der Waals surface area (Å²) in [5, 5.41) is 0. The number of halogens is 1. The average Bonchev–Trinajstić information content (AvgIpc) is 3.13. The van der Waals surface area contributed by atoms with E-state index in [1.165, 1.54) is 12.1 Å². The Hall–Kier alpha value is -3.53. The number of nitrogens with one attached hydrogen (secondary N) is 1. The lowest BCUT2D eigenvalue weighted by atomic mass is 10.0. The first-order valence-corrected chi connectivity index (χ1v) is 8.69. The largest absolute Gasteiger partial charge is 0.341 e. The zero-order valence-electron chi connectivity index (χ0n) is 14.5. The van der Waals surface area contributed by atoms with Crippen molar-refractivity contribution in [2.45, 2.75) is 6.42 Å². The van der Waals surface area contributed by atoms with Gasteiger partial charge in [-0.1, -0.05) is 60.7 Å². The van der Waals surface area contributed by atoms with Gasteiger partial charge in [0.05, 0.1) is 17.8 Å². The van der Waals surface area contributed by atoms with Crippen molar-refractivity contribution in [2.75, 3.05) is 0 Å². The van der Waals surface area contributed by atoms with Crippen LogP contribution >= 0.6 is 0 Å². The lowest BCUT2D eigenvalue weighted by Crippen LogP contribution is -2.04. The maximum atomic E-state index is 13.2. The van der Waals surface area contributed by atoms with E-state index >= 15 is 0 Å². The van der Waals surface area contributed by atoms with Crippen molar-refractivity contribution in [2.24, 2.45) is 0 Å². The monoisotopic (exact) mass is 356 g/mol. The molecule has 4 aromatic rings. The molecule has 0 aliphatic rings. The molecule has 0 atom stereocenters. The molecule has 3 aromatic carbocycles. The molecule has 0 fully saturated rings. The lowest BCUT2D eigenvalue weighted by Gasteiger charge is -2.03. The SMILES string of the molecule is O=C(Cc1[nH]c(-c2ccc(F)cc2)nc1-c1ccccc1)c1ccccc1. The summed E-state index contributed by atoms with van der Waals surface area (Å²) < 4.78 is 13.2. The van der Waals surface area contributed by atoms with Gasteiger partial charge in [0.15, 0.2) is 5.78 Å². The average molecular weight is 356 g/mol. The van der Waals surface area contributed by atoms with E-state index in [0.29, 0.717) is 11.4 Å². The third kappa shape index (κ3) is 3.70. The molecular formula is C23H17FN2O. The van der Waals surface area contributed by atoms with Crippen LogP contribution in [-0.4, -0.2) is 15.8 Å². The molecule has 0 unspecified atom stereocenters. The number of hydrogen-bond donors (Lipinski definition) is 1. The Morgan fingerprint density at radius 2 is 1.44 bits per heavy atom. The molecular weight excluding hydrogens is 339 g/mol. The summed E-state index contributed by atoms with van der Waals surface area (Å²) in [4.78, 5) is 20.6. The van der Waals surface area contributed by atoms with Crippen molar-refractivity contribution in [3.63, 3.8) is 0 Å². The quantitative estimate of drug-likeness (QED) is 0.493. The number of benzene rings is 3. The van der Waals surface area contributed by atoms with E-state index in [1.807, 2.05) is 60.7 Å². The second-order valence-corrected chi connectivity index (χ2v) is 6.25. The summed E-state index contributed by atoms with van der Waals surface area (Å²) >= 11 is 0. The van der Waals surface area contributed by atoms with Gasteiger partial charge in [0, 0.05) is 16.7 Å². The molecule has 1 N–H and O–H groups in total. The Morgan fingerprint density at radius 1 is 0.815 bits per heavy atom. The molecule has 3 nitrogen and oxygen atoms in total. The molecule has 0 saturated heterocycles. The second-order valence-electron chi connectivity index (χ2n) is 6.25. The predicted molar refractivity (Wildman–Crippen MR) is 104 cm³/mol. The van der Waals surface area contributed by atoms with Crippen molar-refractivity contribution >= 4 is 5.78 Å². The van der Waals surface area contributed by atoms with Crippen LogP contribution in [-0.2, 0) is 6.42 Å². The summed E-state index contributed by atoms with van der Waals surface area (Å²) in [6.45, 7) is 0. The Balaban J connectivity index is 1.74. The van der Waals surface area contributed by atoms with Gasteiger partial charge >= 0.3 is 0 Å². The molecule has 0 bridgehead atoms. The van der Waals surface area contributed by atoms with Gasteiger partial charge in [-0.25, -0.2) is 9.37 Å². The minimum atomic E-state index is -0.298. The molecule has 1 heterocycles. The van der Waals surface area contributed by atoms with Crippen LogP contribution in [0.3, 0.4) is 0 Å². The molecule has 4 rings (SSSR count). The van der Waals surface area contributed by atoms with Crippen LogP contribution in [0.4, 0.5) is 4.39 Å². The number of rotatable bonds is 5. The highest BCUT2D eigenvalue weighted by Crippen LogP contribution is 2.27. The Morgan fingerprint density at radius 3 is 2.11 bits per heavy atom. The summed E-state index contributed by atoms with van der Waals surface area (Å²) in [6, 6.07) is 25.1. The number of carbonyl (C=O) groups is 1. The summed E-state index contributed by atoms with van der Waals surface area (Å²) in [7, 11) is 0. The van der Waals surface area contributed by atoms with E-state index in [-0.39, 0.29) is 18.0 Å². The number of nitrogens with zero attached hydrogens (tertiary/aromatic N) is 1. The van der Waals surface area contributed by atoms with E-state index in [1.54, 1.807) is 12.1 Å². The van der Waals surface area contributed by atoms with Crippen molar-refractivity contribution in [1.82, 2.24) is 9.97 Å². The number of Topliss-reactive ketones (excluding diaryl/α,β-unsaturated/α-hetero) is 1. The summed E-state index contributed by atoms with van der Waals surface area (Å²) in [5.41, 5.74) is 3.84. The van der Waals surface area contributed by atoms with E-state index in [2.05, 4.69) is 4.98 Å². The normalized spacial score (nSPS) is 10.7. The Kier molecular flexibility index (Phi) is 4.62. The number of ketones is 1. The number of aromatic nitrogens is 2. The third-order valence-electron chi connectivity index (χ3n) is 4.38. The van der Waals surface area contributed by atoms with Crippen LogP contribution in [0.25, 0.3) is 22.6 Å². The highest BCUT2D eigenvalue weighted by Gasteiger charge is 2.17. The first-order chi connectivity index (χ1) is 13.2. The first kappa shape index (κ1) is 16.9. The van der Waals surface area contributed by atoms with Gasteiger partial charge in [-0.3, -0.25) is 4.79 Å². The maximum Gasteiger partial charge on any atom is 0.168 e. The van der Waals surface area contributed by atoms with Gasteiger partial charge in [0.25, 0.3) is 0 Å². The van der Waals surface area contributed by atoms with Gasteiger partial charge in [0.1, 0.15) is 11.6 Å².